The van der Waals surface area contributed by atoms with Crippen LogP contribution in [0, 0.1) is 10.1 Å². The first-order chi connectivity index (χ1) is 11.1. The number of esters is 1. The van der Waals surface area contributed by atoms with Gasteiger partial charge in [0, 0.05) is 22.7 Å². The molecule has 114 valence electrons. The van der Waals surface area contributed by atoms with E-state index in [1.54, 1.807) is 18.2 Å². The normalized spacial score (nSPS) is 10.5. The van der Waals surface area contributed by atoms with Crippen LogP contribution in [-0.2, 0) is 0 Å². The van der Waals surface area contributed by atoms with Crippen LogP contribution in [0.5, 0.6) is 5.75 Å². The smallest absolute Gasteiger partial charge is 0.343 e. The summed E-state index contributed by atoms with van der Waals surface area (Å²) in [6.45, 7) is 0. The molecule has 0 radical (unpaired) electrons. The Labute approximate surface area is 135 Å². The lowest BCUT2D eigenvalue weighted by molar-refractivity contribution is -0.385. The van der Waals surface area contributed by atoms with Crippen molar-refractivity contribution in [3.05, 3.63) is 75.4 Å². The van der Waals surface area contributed by atoms with Crippen molar-refractivity contribution in [1.82, 2.24) is 4.98 Å². The molecule has 0 fully saturated rings. The molecule has 0 N–H and O–H groups in total. The molecule has 1 aromatic heterocycles. The van der Waals surface area contributed by atoms with Crippen molar-refractivity contribution in [2.45, 2.75) is 0 Å². The highest BCUT2D eigenvalue weighted by molar-refractivity contribution is 6.30. The van der Waals surface area contributed by atoms with Gasteiger partial charge in [-0.1, -0.05) is 17.7 Å². The van der Waals surface area contributed by atoms with Gasteiger partial charge in [-0.2, -0.15) is 0 Å². The number of pyridine rings is 1. The molecule has 0 spiro atoms. The molecule has 0 atom stereocenters. The third kappa shape index (κ3) is 2.97. The summed E-state index contributed by atoms with van der Waals surface area (Å²) in [4.78, 5) is 26.9. The Morgan fingerprint density at radius 1 is 1.13 bits per heavy atom. The lowest BCUT2D eigenvalue weighted by atomic mass is 10.2. The molecule has 1 heterocycles. The Balaban J connectivity index is 2.07. The van der Waals surface area contributed by atoms with Gasteiger partial charge in [0.2, 0.25) is 5.75 Å². The van der Waals surface area contributed by atoms with Gasteiger partial charge >= 0.3 is 11.7 Å². The minimum Gasteiger partial charge on any atom is -0.413 e. The van der Waals surface area contributed by atoms with Gasteiger partial charge in [-0.25, -0.2) is 4.79 Å². The minimum atomic E-state index is -0.720. The van der Waals surface area contributed by atoms with E-state index in [1.807, 2.05) is 0 Å². The first kappa shape index (κ1) is 14.9. The van der Waals surface area contributed by atoms with Crippen molar-refractivity contribution < 1.29 is 14.5 Å². The first-order valence-corrected chi connectivity index (χ1v) is 6.94. The first-order valence-electron chi connectivity index (χ1n) is 6.56. The molecule has 0 saturated heterocycles. The number of hydrogen-bond acceptors (Lipinski definition) is 5. The number of halogens is 1. The second-order valence-corrected chi connectivity index (χ2v) is 5.08. The summed E-state index contributed by atoms with van der Waals surface area (Å²) in [5, 5.41) is 12.3. The van der Waals surface area contributed by atoms with Crippen LogP contribution in [0.1, 0.15) is 10.4 Å². The Hall–Kier alpha value is -2.99. The van der Waals surface area contributed by atoms with Crippen molar-refractivity contribution in [1.29, 1.82) is 0 Å². The molecule has 0 amide bonds. The van der Waals surface area contributed by atoms with Crippen LogP contribution in [0.2, 0.25) is 5.02 Å². The summed E-state index contributed by atoms with van der Waals surface area (Å²) in [7, 11) is 0. The van der Waals surface area contributed by atoms with E-state index in [0.717, 1.165) is 0 Å². The van der Waals surface area contributed by atoms with E-state index < -0.39 is 10.9 Å². The monoisotopic (exact) mass is 328 g/mol. The molecule has 0 aliphatic carbocycles. The van der Waals surface area contributed by atoms with Gasteiger partial charge in [-0.15, -0.1) is 0 Å². The Morgan fingerprint density at radius 2 is 1.87 bits per heavy atom. The predicted molar refractivity (Wildman–Crippen MR) is 84.8 cm³/mol. The maximum absolute atomic E-state index is 12.2. The fourth-order valence-corrected chi connectivity index (χ4v) is 2.22. The molecule has 23 heavy (non-hydrogen) atoms. The van der Waals surface area contributed by atoms with E-state index in [0.29, 0.717) is 10.4 Å². The maximum atomic E-state index is 12.2. The van der Waals surface area contributed by atoms with Crippen molar-refractivity contribution in [2.75, 3.05) is 0 Å². The van der Waals surface area contributed by atoms with Gasteiger partial charge in [0.1, 0.15) is 5.52 Å². The fraction of sp³-hybridized carbons (Fsp3) is 0. The maximum Gasteiger partial charge on any atom is 0.343 e. The van der Waals surface area contributed by atoms with Gasteiger partial charge < -0.3 is 4.74 Å². The van der Waals surface area contributed by atoms with Crippen molar-refractivity contribution in [3.63, 3.8) is 0 Å². The third-order valence-electron chi connectivity index (χ3n) is 3.18. The van der Waals surface area contributed by atoms with Gasteiger partial charge in [-0.3, -0.25) is 15.1 Å². The molecule has 0 bridgehead atoms. The number of carbonyl (C=O) groups excluding carboxylic acids is 1. The number of nitrogens with zero attached hydrogens (tertiary/aromatic N) is 2. The summed E-state index contributed by atoms with van der Waals surface area (Å²) in [6.07, 6.45) is 1.48. The van der Waals surface area contributed by atoms with Crippen LogP contribution in [0.3, 0.4) is 0 Å². The molecular formula is C16H9ClN2O4. The van der Waals surface area contributed by atoms with E-state index in [9.17, 15) is 14.9 Å². The molecule has 0 aliphatic rings. The summed E-state index contributed by atoms with van der Waals surface area (Å²) >= 11 is 5.77. The summed E-state index contributed by atoms with van der Waals surface area (Å²) in [6, 6.07) is 12.3. The van der Waals surface area contributed by atoms with Crippen LogP contribution in [0.4, 0.5) is 5.69 Å². The average molecular weight is 329 g/mol. The Morgan fingerprint density at radius 3 is 2.57 bits per heavy atom. The largest absolute Gasteiger partial charge is 0.413 e. The number of ether oxygens (including phenoxy) is 1. The molecule has 0 unspecified atom stereocenters. The second kappa shape index (κ2) is 6.02. The SMILES string of the molecule is O=C(Oc1c([N+](=O)[O-])ccc2cccnc12)c1ccc(Cl)cc1. The van der Waals surface area contributed by atoms with Crippen LogP contribution in [-0.4, -0.2) is 15.9 Å². The number of nitro benzene ring substituents is 1. The van der Waals surface area contributed by atoms with Crippen LogP contribution < -0.4 is 4.74 Å². The topological polar surface area (TPSA) is 82.3 Å². The van der Waals surface area contributed by atoms with E-state index in [4.69, 9.17) is 16.3 Å². The number of carbonyl (C=O) groups is 1. The Bertz CT molecular complexity index is 910. The number of hydrogen-bond donors (Lipinski definition) is 0. The molecule has 3 aromatic rings. The summed E-state index contributed by atoms with van der Waals surface area (Å²) < 4.78 is 5.26. The van der Waals surface area contributed by atoms with Gasteiger partial charge in [0.05, 0.1) is 10.5 Å². The van der Waals surface area contributed by atoms with Crippen molar-refractivity contribution >= 4 is 34.2 Å². The van der Waals surface area contributed by atoms with Gasteiger partial charge in [0.15, 0.2) is 0 Å². The molecule has 0 aliphatic heterocycles. The van der Waals surface area contributed by atoms with Crippen molar-refractivity contribution in [3.8, 4) is 5.75 Å². The van der Waals surface area contributed by atoms with Crippen molar-refractivity contribution in [2.24, 2.45) is 0 Å². The van der Waals surface area contributed by atoms with Crippen LogP contribution >= 0.6 is 11.6 Å². The number of benzene rings is 2. The van der Waals surface area contributed by atoms with E-state index >= 15 is 0 Å². The van der Waals surface area contributed by atoms with Gasteiger partial charge in [0.25, 0.3) is 0 Å². The molecule has 3 rings (SSSR count). The number of nitro groups is 1. The number of fused-ring (bicyclic) bond motifs is 1. The zero-order chi connectivity index (χ0) is 16.4. The highest BCUT2D eigenvalue weighted by Gasteiger charge is 2.22. The minimum absolute atomic E-state index is 0.173. The lowest BCUT2D eigenvalue weighted by Gasteiger charge is -2.08. The molecular weight excluding hydrogens is 320 g/mol. The second-order valence-electron chi connectivity index (χ2n) is 4.64. The van der Waals surface area contributed by atoms with E-state index in [2.05, 4.69) is 4.98 Å². The fourth-order valence-electron chi connectivity index (χ4n) is 2.09. The summed E-state index contributed by atoms with van der Waals surface area (Å²) in [5.41, 5.74) is 0.166. The highest BCUT2D eigenvalue weighted by atomic mass is 35.5. The van der Waals surface area contributed by atoms with E-state index in [-0.39, 0.29) is 22.5 Å². The molecule has 2 aromatic carbocycles. The number of rotatable bonds is 3. The highest BCUT2D eigenvalue weighted by Crippen LogP contribution is 2.34. The standard InChI is InChI=1S/C16H9ClN2O4/c17-12-6-3-11(4-7-12)16(20)23-15-13(19(21)22)8-5-10-2-1-9-18-14(10)15/h1-9H. The molecule has 0 saturated carbocycles. The van der Waals surface area contributed by atoms with Gasteiger partial charge in [-0.05, 0) is 36.4 Å². The van der Waals surface area contributed by atoms with Crippen LogP contribution in [0.25, 0.3) is 10.9 Å². The summed E-state index contributed by atoms with van der Waals surface area (Å²) in [5.74, 6) is -0.893. The molecule has 7 heteroatoms. The number of aromatic nitrogens is 1. The zero-order valence-corrected chi connectivity index (χ0v) is 12.4. The quantitative estimate of drug-likeness (QED) is 0.314. The lowest BCUT2D eigenvalue weighted by Crippen LogP contribution is -2.10. The predicted octanol–water partition coefficient (Wildman–Crippen LogP) is 4.02. The zero-order valence-electron chi connectivity index (χ0n) is 11.6. The van der Waals surface area contributed by atoms with Crippen LogP contribution in [0.15, 0.2) is 54.7 Å². The average Bonchev–Trinajstić information content (AvgIpc) is 2.55. The molecule has 6 nitrogen and oxygen atoms in total. The Kier molecular flexibility index (Phi) is 3.91. The third-order valence-corrected chi connectivity index (χ3v) is 3.43. The van der Waals surface area contributed by atoms with E-state index in [1.165, 1.54) is 36.5 Å².